The van der Waals surface area contributed by atoms with Crippen LogP contribution in [0.15, 0.2) is 48.7 Å². The molecule has 8 heteroatoms. The van der Waals surface area contributed by atoms with Gasteiger partial charge in [0.25, 0.3) is 0 Å². The first-order valence-electron chi connectivity index (χ1n) is 8.21. The minimum atomic E-state index is -2.82. The van der Waals surface area contributed by atoms with Gasteiger partial charge >= 0.3 is 5.97 Å². The summed E-state index contributed by atoms with van der Waals surface area (Å²) < 4.78 is 35.6. The molecule has 0 aliphatic carbocycles. The van der Waals surface area contributed by atoms with Gasteiger partial charge in [-0.05, 0) is 24.1 Å². The third kappa shape index (κ3) is 4.09. The average molecular weight is 376 g/mol. The van der Waals surface area contributed by atoms with Crippen molar-refractivity contribution in [3.8, 4) is 0 Å². The minimum Gasteiger partial charge on any atom is -0.465 e. The fraction of sp³-hybridized carbons (Fsp3) is 0.333. The summed E-state index contributed by atoms with van der Waals surface area (Å²) in [5.74, 6) is -0.482. The minimum absolute atomic E-state index is 0.123. The summed E-state index contributed by atoms with van der Waals surface area (Å²) >= 11 is 0. The van der Waals surface area contributed by atoms with Crippen molar-refractivity contribution >= 4 is 16.9 Å². The van der Waals surface area contributed by atoms with Crippen LogP contribution in [0, 0.1) is 0 Å². The van der Waals surface area contributed by atoms with Crippen LogP contribution >= 0.6 is 0 Å². The second kappa shape index (κ2) is 8.39. The van der Waals surface area contributed by atoms with Crippen LogP contribution in [-0.2, 0) is 26.9 Å². The molecule has 1 saturated heterocycles. The van der Waals surface area contributed by atoms with Gasteiger partial charge in [-0.1, -0.05) is 30.3 Å². The Kier molecular flexibility index (Phi) is 5.97. The fourth-order valence-corrected chi connectivity index (χ4v) is 3.80. The van der Waals surface area contributed by atoms with E-state index in [-0.39, 0.29) is 18.7 Å². The predicted molar refractivity (Wildman–Crippen MR) is 95.0 cm³/mol. The Balaban J connectivity index is 1.80. The molecule has 2 aromatic rings. The van der Waals surface area contributed by atoms with Gasteiger partial charge in [0.05, 0.1) is 37.1 Å². The fourth-order valence-electron chi connectivity index (χ4n) is 3.06. The molecule has 1 aliphatic heterocycles. The third-order valence-corrected chi connectivity index (χ3v) is 5.21. The number of ether oxygens (including phenoxy) is 2. The molecule has 0 spiro atoms. The highest BCUT2D eigenvalue weighted by molar-refractivity contribution is 7.69. The molecule has 1 aromatic carbocycles. The highest BCUT2D eigenvalue weighted by Crippen LogP contribution is 2.33. The molecule has 2 heterocycles. The van der Waals surface area contributed by atoms with Crippen molar-refractivity contribution < 1.29 is 22.7 Å². The maximum absolute atomic E-state index is 11.9. The predicted octanol–water partition coefficient (Wildman–Crippen LogP) is 1.73. The molecule has 0 N–H and O–H groups in total. The van der Waals surface area contributed by atoms with Gasteiger partial charge in [-0.3, -0.25) is 4.98 Å². The van der Waals surface area contributed by atoms with Crippen LogP contribution in [0.1, 0.15) is 34.1 Å². The SMILES string of the molecule is COC(=O)c1ccc(CN(C2CCOC2c2ccccc2)[SH](=O)=O)nc1. The maximum Gasteiger partial charge on any atom is 0.339 e. The molecule has 0 bridgehead atoms. The molecule has 0 radical (unpaired) electrons. The lowest BCUT2D eigenvalue weighted by atomic mass is 10.0. The molecule has 1 aromatic heterocycles. The van der Waals surface area contributed by atoms with E-state index >= 15 is 0 Å². The second-order valence-electron chi connectivity index (χ2n) is 5.92. The number of thiol groups is 1. The first-order valence-corrected chi connectivity index (χ1v) is 9.34. The van der Waals surface area contributed by atoms with Crippen LogP contribution in [0.4, 0.5) is 0 Å². The van der Waals surface area contributed by atoms with Crippen LogP contribution in [0.5, 0.6) is 0 Å². The molecule has 26 heavy (non-hydrogen) atoms. The zero-order valence-electron chi connectivity index (χ0n) is 14.3. The summed E-state index contributed by atoms with van der Waals surface area (Å²) in [6.45, 7) is 0.621. The second-order valence-corrected chi connectivity index (χ2v) is 6.91. The van der Waals surface area contributed by atoms with E-state index in [1.54, 1.807) is 12.1 Å². The van der Waals surface area contributed by atoms with Crippen molar-refractivity contribution in [2.75, 3.05) is 13.7 Å². The van der Waals surface area contributed by atoms with Crippen LogP contribution in [0.25, 0.3) is 0 Å². The van der Waals surface area contributed by atoms with Crippen molar-refractivity contribution in [3.63, 3.8) is 0 Å². The van der Waals surface area contributed by atoms with Crippen molar-refractivity contribution in [1.82, 2.24) is 9.29 Å². The first kappa shape index (κ1) is 18.5. The molecule has 138 valence electrons. The monoisotopic (exact) mass is 376 g/mol. The van der Waals surface area contributed by atoms with Crippen LogP contribution < -0.4 is 0 Å². The molecule has 7 nitrogen and oxygen atoms in total. The van der Waals surface area contributed by atoms with Crippen molar-refractivity contribution in [1.29, 1.82) is 0 Å². The zero-order valence-corrected chi connectivity index (χ0v) is 15.2. The molecule has 1 aliphatic rings. The van der Waals surface area contributed by atoms with Gasteiger partial charge in [-0.2, -0.15) is 4.31 Å². The Morgan fingerprint density at radius 1 is 1.27 bits per heavy atom. The molecule has 3 rings (SSSR count). The van der Waals surface area contributed by atoms with Crippen molar-refractivity contribution in [3.05, 3.63) is 65.5 Å². The van der Waals surface area contributed by atoms with Gasteiger partial charge in [0.15, 0.2) is 0 Å². The van der Waals surface area contributed by atoms with E-state index in [1.807, 2.05) is 30.3 Å². The van der Waals surface area contributed by atoms with E-state index in [1.165, 1.54) is 17.6 Å². The zero-order chi connectivity index (χ0) is 18.5. The summed E-state index contributed by atoms with van der Waals surface area (Å²) in [6, 6.07) is 12.5. The van der Waals surface area contributed by atoms with Gasteiger partial charge < -0.3 is 9.47 Å². The quantitative estimate of drug-likeness (QED) is 0.610. The summed E-state index contributed by atoms with van der Waals surface area (Å²) in [7, 11) is -1.52. The van der Waals surface area contributed by atoms with E-state index in [2.05, 4.69) is 9.72 Å². The normalized spacial score (nSPS) is 19.8. The summed E-state index contributed by atoms with van der Waals surface area (Å²) in [4.78, 5) is 15.7. The van der Waals surface area contributed by atoms with Gasteiger partial charge in [-0.25, -0.2) is 13.2 Å². The van der Waals surface area contributed by atoms with Crippen molar-refractivity contribution in [2.24, 2.45) is 0 Å². The van der Waals surface area contributed by atoms with Gasteiger partial charge in [-0.15, -0.1) is 0 Å². The third-order valence-electron chi connectivity index (χ3n) is 4.35. The number of carbonyl (C=O) groups is 1. The molecule has 2 atom stereocenters. The summed E-state index contributed by atoms with van der Waals surface area (Å²) in [5, 5.41) is 0. The highest BCUT2D eigenvalue weighted by atomic mass is 32.2. The molecule has 0 amide bonds. The largest absolute Gasteiger partial charge is 0.465 e. The summed E-state index contributed by atoms with van der Waals surface area (Å²) in [6.07, 6.45) is 1.69. The molecular weight excluding hydrogens is 356 g/mol. The average Bonchev–Trinajstić information content (AvgIpc) is 3.15. The Labute approximate surface area is 153 Å². The molecular formula is C18H20N2O5S. The standard InChI is InChI=1S/C18H20N2O5S/c1-24-18(21)14-7-8-15(19-11-14)12-20(26(22)23)16-9-10-25-17(16)13-5-3-2-4-6-13/h2-8,11,16-17,26H,9-10,12H2,1H3. The Hall–Kier alpha value is -2.29. The van der Waals surface area contributed by atoms with Crippen LogP contribution in [0.3, 0.4) is 0 Å². The Bertz CT molecular complexity index is 815. The lowest BCUT2D eigenvalue weighted by molar-refractivity contribution is 0.0600. The number of methoxy groups -OCH3 is 1. The highest BCUT2D eigenvalue weighted by Gasteiger charge is 2.35. The number of hydrogen-bond acceptors (Lipinski definition) is 6. The summed E-state index contributed by atoms with van der Waals surface area (Å²) in [5.41, 5.74) is 1.82. The molecule has 2 unspecified atom stereocenters. The number of aromatic nitrogens is 1. The van der Waals surface area contributed by atoms with E-state index in [9.17, 15) is 13.2 Å². The van der Waals surface area contributed by atoms with E-state index in [0.29, 0.717) is 24.3 Å². The lowest BCUT2D eigenvalue weighted by Gasteiger charge is -2.27. The number of rotatable bonds is 6. The maximum atomic E-state index is 11.9. The number of hydrogen-bond donors (Lipinski definition) is 1. The number of benzene rings is 1. The van der Waals surface area contributed by atoms with E-state index < -0.39 is 16.9 Å². The molecule has 1 fully saturated rings. The Morgan fingerprint density at radius 3 is 2.65 bits per heavy atom. The smallest absolute Gasteiger partial charge is 0.339 e. The van der Waals surface area contributed by atoms with Gasteiger partial charge in [0.2, 0.25) is 10.9 Å². The number of carbonyl (C=O) groups excluding carboxylic acids is 1. The van der Waals surface area contributed by atoms with Crippen LogP contribution in [-0.4, -0.2) is 43.4 Å². The number of esters is 1. The van der Waals surface area contributed by atoms with Gasteiger partial charge in [0, 0.05) is 12.8 Å². The number of nitrogens with zero attached hydrogens (tertiary/aromatic N) is 2. The van der Waals surface area contributed by atoms with E-state index in [4.69, 9.17) is 4.74 Å². The number of pyridine rings is 1. The molecule has 0 saturated carbocycles. The Morgan fingerprint density at radius 2 is 2.04 bits per heavy atom. The lowest BCUT2D eigenvalue weighted by Crippen LogP contribution is -2.36. The van der Waals surface area contributed by atoms with E-state index in [0.717, 1.165) is 5.56 Å². The topological polar surface area (TPSA) is 85.8 Å². The van der Waals surface area contributed by atoms with Crippen molar-refractivity contribution in [2.45, 2.75) is 25.1 Å². The van der Waals surface area contributed by atoms with Crippen LogP contribution in [0.2, 0.25) is 0 Å². The van der Waals surface area contributed by atoms with Gasteiger partial charge in [0.1, 0.15) is 0 Å². The first-order chi connectivity index (χ1) is 12.6.